The summed E-state index contributed by atoms with van der Waals surface area (Å²) in [7, 11) is 0. The minimum absolute atomic E-state index is 0. The Hall–Kier alpha value is -2.37. The third kappa shape index (κ3) is 5.25. The van der Waals surface area contributed by atoms with Crippen LogP contribution in [0.15, 0.2) is 70.9 Å². The van der Waals surface area contributed by atoms with E-state index in [1.54, 1.807) is 48.8 Å². The molecule has 0 heterocycles. The van der Waals surface area contributed by atoms with Crippen LogP contribution >= 0.6 is 0 Å². The van der Waals surface area contributed by atoms with Crippen molar-refractivity contribution in [3.8, 4) is 11.5 Å². The number of hydrogen-bond acceptors (Lipinski definition) is 4. The van der Waals surface area contributed by atoms with Crippen LogP contribution in [0.1, 0.15) is 11.1 Å². The number of nitrogens with zero attached hydrogens (tertiary/aromatic N) is 2. The SMILES string of the molecule is Oc1ccccc1C=N/C=C\N=Cc1ccccc1O.[Co]. The Morgan fingerprint density at radius 2 is 1.05 bits per heavy atom. The second-order valence-corrected chi connectivity index (χ2v) is 3.97. The van der Waals surface area contributed by atoms with Gasteiger partial charge in [0.1, 0.15) is 11.5 Å². The summed E-state index contributed by atoms with van der Waals surface area (Å²) in [5.41, 5.74) is 1.28. The number of benzene rings is 2. The third-order valence-corrected chi connectivity index (χ3v) is 2.54. The van der Waals surface area contributed by atoms with Gasteiger partial charge in [-0.3, -0.25) is 9.98 Å². The monoisotopic (exact) mass is 325 g/mol. The van der Waals surface area contributed by atoms with E-state index in [4.69, 9.17) is 0 Å². The average molecular weight is 325 g/mol. The first-order valence-corrected chi connectivity index (χ1v) is 6.05. The zero-order valence-corrected chi connectivity index (χ0v) is 12.1. The number of phenols is 2. The fourth-order valence-corrected chi connectivity index (χ4v) is 1.52. The Kier molecular flexibility index (Phi) is 6.93. The Balaban J connectivity index is 0.00000220. The summed E-state index contributed by atoms with van der Waals surface area (Å²) >= 11 is 0. The van der Waals surface area contributed by atoms with Crippen LogP contribution in [0, 0.1) is 0 Å². The molecule has 0 bridgehead atoms. The van der Waals surface area contributed by atoms with E-state index in [-0.39, 0.29) is 28.3 Å². The summed E-state index contributed by atoms with van der Waals surface area (Å²) in [4.78, 5) is 8.03. The predicted molar refractivity (Wildman–Crippen MR) is 80.5 cm³/mol. The minimum atomic E-state index is 0. The predicted octanol–water partition coefficient (Wildman–Crippen LogP) is 3.10. The molecule has 0 saturated heterocycles. The number of aromatic hydroxyl groups is 2. The van der Waals surface area contributed by atoms with E-state index in [2.05, 4.69) is 9.98 Å². The molecule has 0 aliphatic carbocycles. The van der Waals surface area contributed by atoms with Crippen molar-refractivity contribution in [1.29, 1.82) is 0 Å². The number of para-hydroxylation sites is 2. The zero-order valence-electron chi connectivity index (χ0n) is 11.1. The maximum Gasteiger partial charge on any atom is 0.124 e. The van der Waals surface area contributed by atoms with Crippen molar-refractivity contribution in [2.45, 2.75) is 0 Å². The Labute approximate surface area is 133 Å². The largest absolute Gasteiger partial charge is 0.507 e. The fourth-order valence-electron chi connectivity index (χ4n) is 1.52. The number of aliphatic imine (C=N–C) groups is 2. The quantitative estimate of drug-likeness (QED) is 0.848. The molecule has 21 heavy (non-hydrogen) atoms. The van der Waals surface area contributed by atoms with Crippen molar-refractivity contribution in [3.63, 3.8) is 0 Å². The first kappa shape index (κ1) is 16.7. The topological polar surface area (TPSA) is 65.2 Å². The molecule has 0 aromatic heterocycles. The van der Waals surface area contributed by atoms with Gasteiger partial charge in [0.25, 0.3) is 0 Å². The Morgan fingerprint density at radius 3 is 1.43 bits per heavy atom. The summed E-state index contributed by atoms with van der Waals surface area (Å²) in [6.45, 7) is 0. The standard InChI is InChI=1S/C16H14N2O2.Co/c19-15-7-3-1-5-13(15)11-17-9-10-18-12-14-6-2-4-8-16(14)20;/h1-12,19-20H;/b10-9-,17-11?,18-12?;. The summed E-state index contributed by atoms with van der Waals surface area (Å²) in [5, 5.41) is 19.0. The van der Waals surface area contributed by atoms with Gasteiger partial charge in [0.05, 0.1) is 0 Å². The van der Waals surface area contributed by atoms with E-state index in [9.17, 15) is 10.2 Å². The molecular weight excluding hydrogens is 311 g/mol. The summed E-state index contributed by atoms with van der Waals surface area (Å²) in [6.07, 6.45) is 6.09. The van der Waals surface area contributed by atoms with Gasteiger partial charge in [-0.1, -0.05) is 24.3 Å². The van der Waals surface area contributed by atoms with Gasteiger partial charge < -0.3 is 10.2 Å². The van der Waals surface area contributed by atoms with E-state index < -0.39 is 0 Å². The molecule has 0 unspecified atom stereocenters. The first-order valence-electron chi connectivity index (χ1n) is 6.05. The van der Waals surface area contributed by atoms with Gasteiger partial charge in [0, 0.05) is 52.7 Å². The molecule has 0 saturated carbocycles. The van der Waals surface area contributed by atoms with E-state index >= 15 is 0 Å². The van der Waals surface area contributed by atoms with E-state index in [0.717, 1.165) is 0 Å². The van der Waals surface area contributed by atoms with Crippen LogP contribution in [-0.2, 0) is 16.8 Å². The molecule has 1 radical (unpaired) electrons. The van der Waals surface area contributed by atoms with Crippen LogP contribution in [0.4, 0.5) is 0 Å². The summed E-state index contributed by atoms with van der Waals surface area (Å²) in [5.74, 6) is 0.365. The van der Waals surface area contributed by atoms with Gasteiger partial charge in [0.15, 0.2) is 0 Å². The molecule has 0 fully saturated rings. The van der Waals surface area contributed by atoms with Gasteiger partial charge >= 0.3 is 0 Å². The maximum absolute atomic E-state index is 9.52. The smallest absolute Gasteiger partial charge is 0.124 e. The van der Waals surface area contributed by atoms with Crippen LogP contribution in [-0.4, -0.2) is 22.6 Å². The minimum Gasteiger partial charge on any atom is -0.507 e. The average Bonchev–Trinajstić information content (AvgIpc) is 2.46. The van der Waals surface area contributed by atoms with E-state index in [1.165, 1.54) is 12.4 Å². The molecular formula is C16H14CoN2O2. The molecule has 2 aromatic rings. The van der Waals surface area contributed by atoms with E-state index in [0.29, 0.717) is 11.1 Å². The second-order valence-electron chi connectivity index (χ2n) is 3.97. The number of hydrogen-bond donors (Lipinski definition) is 2. The maximum atomic E-state index is 9.52. The van der Waals surface area contributed by atoms with Crippen molar-refractivity contribution in [3.05, 3.63) is 72.1 Å². The van der Waals surface area contributed by atoms with Gasteiger partial charge in [-0.2, -0.15) is 0 Å². The summed E-state index contributed by atoms with van der Waals surface area (Å²) < 4.78 is 0. The van der Waals surface area contributed by atoms with Gasteiger partial charge in [0.2, 0.25) is 0 Å². The van der Waals surface area contributed by atoms with Crippen LogP contribution in [0.5, 0.6) is 11.5 Å². The number of phenolic OH excluding ortho intramolecular Hbond substituents is 2. The Bertz CT molecular complexity index is 609. The van der Waals surface area contributed by atoms with Gasteiger partial charge in [-0.05, 0) is 24.3 Å². The second kappa shape index (κ2) is 8.73. The van der Waals surface area contributed by atoms with Gasteiger partial charge in [-0.25, -0.2) is 0 Å². The molecule has 0 atom stereocenters. The van der Waals surface area contributed by atoms with E-state index in [1.807, 2.05) is 12.1 Å². The van der Waals surface area contributed by atoms with Crippen LogP contribution in [0.25, 0.3) is 0 Å². The van der Waals surface area contributed by atoms with Crippen molar-refractivity contribution in [1.82, 2.24) is 0 Å². The molecule has 2 rings (SSSR count). The zero-order chi connectivity index (χ0) is 14.2. The molecule has 5 heteroatoms. The molecule has 109 valence electrons. The number of rotatable bonds is 4. The van der Waals surface area contributed by atoms with Crippen molar-refractivity contribution in [2.24, 2.45) is 9.98 Å². The van der Waals surface area contributed by atoms with Crippen molar-refractivity contribution in [2.75, 3.05) is 0 Å². The van der Waals surface area contributed by atoms with Crippen molar-refractivity contribution >= 4 is 12.4 Å². The molecule has 4 nitrogen and oxygen atoms in total. The normalized spacial score (nSPS) is 11.2. The molecule has 2 aromatic carbocycles. The molecule has 0 aliphatic rings. The summed E-state index contributed by atoms with van der Waals surface area (Å²) in [6, 6.07) is 13.9. The molecule has 2 N–H and O–H groups in total. The van der Waals surface area contributed by atoms with Gasteiger partial charge in [-0.15, -0.1) is 0 Å². The third-order valence-electron chi connectivity index (χ3n) is 2.54. The molecule has 0 spiro atoms. The molecule has 0 amide bonds. The van der Waals surface area contributed by atoms with Crippen LogP contribution in [0.2, 0.25) is 0 Å². The van der Waals surface area contributed by atoms with Crippen molar-refractivity contribution < 1.29 is 27.0 Å². The first-order chi connectivity index (χ1) is 9.77. The fraction of sp³-hybridized carbons (Fsp3) is 0. The van der Waals surface area contributed by atoms with Crippen LogP contribution < -0.4 is 0 Å². The Morgan fingerprint density at radius 1 is 0.667 bits per heavy atom. The molecule has 0 aliphatic heterocycles. The van der Waals surface area contributed by atoms with Crippen LogP contribution in [0.3, 0.4) is 0 Å².